The van der Waals surface area contributed by atoms with Gasteiger partial charge in [0.2, 0.25) is 0 Å². The van der Waals surface area contributed by atoms with Crippen molar-refractivity contribution in [3.63, 3.8) is 0 Å². The fraction of sp³-hybridized carbons (Fsp3) is 0.235. The molecule has 6 heteroatoms. The first-order chi connectivity index (χ1) is 10.9. The number of hydrazine groups is 1. The van der Waals surface area contributed by atoms with E-state index in [-0.39, 0.29) is 11.6 Å². The van der Waals surface area contributed by atoms with Crippen LogP contribution in [0.25, 0.3) is 0 Å². The van der Waals surface area contributed by atoms with Crippen molar-refractivity contribution in [2.75, 3.05) is 11.6 Å². The number of anilines is 1. The van der Waals surface area contributed by atoms with Crippen LogP contribution in [0.1, 0.15) is 28.4 Å². The molecular formula is C17H19N3O3. The summed E-state index contributed by atoms with van der Waals surface area (Å²) in [5.41, 5.74) is 5.69. The van der Waals surface area contributed by atoms with E-state index in [9.17, 15) is 14.9 Å². The van der Waals surface area contributed by atoms with E-state index >= 15 is 0 Å². The third kappa shape index (κ3) is 3.85. The van der Waals surface area contributed by atoms with Crippen LogP contribution >= 0.6 is 0 Å². The Hall–Kier alpha value is -2.89. The maximum Gasteiger partial charge on any atom is 0.272 e. The molecule has 0 saturated carbocycles. The molecule has 0 spiro atoms. The van der Waals surface area contributed by atoms with Crippen LogP contribution in [0.4, 0.5) is 11.4 Å². The summed E-state index contributed by atoms with van der Waals surface area (Å²) in [4.78, 5) is 22.7. The molecule has 0 aromatic heterocycles. The van der Waals surface area contributed by atoms with E-state index in [4.69, 9.17) is 0 Å². The first-order valence-electron chi connectivity index (χ1n) is 7.32. The number of hydrogen-bond donors (Lipinski definition) is 1. The molecule has 0 fully saturated rings. The second kappa shape index (κ2) is 6.91. The Bertz CT molecular complexity index is 726. The van der Waals surface area contributed by atoms with E-state index < -0.39 is 4.92 Å². The maximum atomic E-state index is 12.4. The Morgan fingerprint density at radius 2 is 1.83 bits per heavy atom. The molecule has 0 aliphatic heterocycles. The zero-order valence-corrected chi connectivity index (χ0v) is 13.4. The van der Waals surface area contributed by atoms with Crippen molar-refractivity contribution in [2.45, 2.75) is 20.8 Å². The van der Waals surface area contributed by atoms with E-state index in [0.29, 0.717) is 17.7 Å². The van der Waals surface area contributed by atoms with E-state index in [2.05, 4.69) is 5.43 Å². The van der Waals surface area contributed by atoms with Crippen LogP contribution in [0.2, 0.25) is 0 Å². The number of hydrogen-bond acceptors (Lipinski definition) is 4. The number of nitro groups is 1. The first kappa shape index (κ1) is 16.5. The van der Waals surface area contributed by atoms with Crippen LogP contribution in [0.15, 0.2) is 42.5 Å². The molecule has 23 heavy (non-hydrogen) atoms. The Labute approximate surface area is 134 Å². The van der Waals surface area contributed by atoms with Crippen molar-refractivity contribution in [3.8, 4) is 0 Å². The molecule has 6 nitrogen and oxygen atoms in total. The van der Waals surface area contributed by atoms with E-state index in [1.54, 1.807) is 11.9 Å². The minimum atomic E-state index is -0.457. The second-order valence-electron chi connectivity index (χ2n) is 5.28. The molecule has 120 valence electrons. The Morgan fingerprint density at radius 1 is 1.17 bits per heavy atom. The van der Waals surface area contributed by atoms with E-state index in [1.807, 2.05) is 38.1 Å². The number of amides is 1. The molecule has 0 atom stereocenters. The van der Waals surface area contributed by atoms with E-state index in [0.717, 1.165) is 11.3 Å². The molecule has 2 rings (SSSR count). The number of carbonyl (C=O) groups excluding carboxylic acids is 1. The highest BCUT2D eigenvalue weighted by atomic mass is 16.6. The summed E-state index contributed by atoms with van der Waals surface area (Å²) >= 11 is 0. The van der Waals surface area contributed by atoms with Crippen LogP contribution < -0.4 is 10.4 Å². The zero-order chi connectivity index (χ0) is 17.0. The lowest BCUT2D eigenvalue weighted by molar-refractivity contribution is -0.385. The van der Waals surface area contributed by atoms with Gasteiger partial charge in [-0.15, -0.1) is 0 Å². The number of carbonyl (C=O) groups is 1. The van der Waals surface area contributed by atoms with Gasteiger partial charge in [0.1, 0.15) is 0 Å². The predicted molar refractivity (Wildman–Crippen MR) is 89.5 cm³/mol. The summed E-state index contributed by atoms with van der Waals surface area (Å²) in [6.07, 6.45) is 0. The standard InChI is InChI=1S/C17H19N3O3/c1-4-19(15-8-5-12(2)6-9-15)18-17(21)14-7-10-16(20(22)23)13(3)11-14/h5-11H,4H2,1-3H3,(H,18,21). The van der Waals surface area contributed by atoms with Gasteiger partial charge in [0.05, 0.1) is 10.6 Å². The SMILES string of the molecule is CCN(NC(=O)c1ccc([N+](=O)[O-])c(C)c1)c1ccc(C)cc1. The summed E-state index contributed by atoms with van der Waals surface area (Å²) in [6, 6.07) is 12.1. The molecule has 1 N–H and O–H groups in total. The molecule has 0 aliphatic rings. The third-order valence-corrected chi connectivity index (χ3v) is 3.55. The lowest BCUT2D eigenvalue weighted by Crippen LogP contribution is -2.42. The number of benzene rings is 2. The van der Waals surface area contributed by atoms with Crippen LogP contribution in [-0.2, 0) is 0 Å². The molecule has 2 aromatic carbocycles. The molecule has 0 heterocycles. The van der Waals surface area contributed by atoms with Crippen molar-refractivity contribution in [2.24, 2.45) is 0 Å². The highest BCUT2D eigenvalue weighted by Crippen LogP contribution is 2.19. The van der Waals surface area contributed by atoms with Gasteiger partial charge in [-0.2, -0.15) is 0 Å². The monoisotopic (exact) mass is 313 g/mol. The molecule has 2 aromatic rings. The van der Waals surface area contributed by atoms with Gasteiger partial charge in [-0.3, -0.25) is 25.3 Å². The lowest BCUT2D eigenvalue weighted by atomic mass is 10.1. The Morgan fingerprint density at radius 3 is 2.35 bits per heavy atom. The molecule has 0 saturated heterocycles. The van der Waals surface area contributed by atoms with E-state index in [1.165, 1.54) is 18.2 Å². The number of nitro benzene ring substituents is 1. The predicted octanol–water partition coefficient (Wildman–Crippen LogP) is 3.38. The van der Waals surface area contributed by atoms with Crippen molar-refractivity contribution >= 4 is 17.3 Å². The largest absolute Gasteiger partial charge is 0.286 e. The number of nitrogens with one attached hydrogen (secondary N) is 1. The van der Waals surface area contributed by atoms with Gasteiger partial charge in [0.25, 0.3) is 11.6 Å². The number of aryl methyl sites for hydroxylation is 2. The van der Waals surface area contributed by atoms with Crippen LogP contribution in [0.3, 0.4) is 0 Å². The quantitative estimate of drug-likeness (QED) is 0.678. The Kier molecular flexibility index (Phi) is 4.95. The molecular weight excluding hydrogens is 294 g/mol. The average Bonchev–Trinajstić information content (AvgIpc) is 2.52. The molecule has 1 amide bonds. The second-order valence-corrected chi connectivity index (χ2v) is 5.28. The first-order valence-corrected chi connectivity index (χ1v) is 7.32. The lowest BCUT2D eigenvalue weighted by Gasteiger charge is -2.24. The van der Waals surface area contributed by atoms with Crippen molar-refractivity contribution < 1.29 is 9.72 Å². The average molecular weight is 313 g/mol. The van der Waals surface area contributed by atoms with Gasteiger partial charge in [0, 0.05) is 23.7 Å². The van der Waals surface area contributed by atoms with Crippen molar-refractivity contribution in [1.29, 1.82) is 0 Å². The normalized spacial score (nSPS) is 10.2. The number of nitrogens with zero attached hydrogens (tertiary/aromatic N) is 2. The highest BCUT2D eigenvalue weighted by Gasteiger charge is 2.15. The van der Waals surface area contributed by atoms with Crippen LogP contribution in [0, 0.1) is 24.0 Å². The summed E-state index contributed by atoms with van der Waals surface area (Å²) < 4.78 is 0. The van der Waals surface area contributed by atoms with Gasteiger partial charge < -0.3 is 0 Å². The summed E-state index contributed by atoms with van der Waals surface area (Å²) in [6.45, 7) is 6.15. The highest BCUT2D eigenvalue weighted by molar-refractivity contribution is 5.95. The fourth-order valence-corrected chi connectivity index (χ4v) is 2.24. The topological polar surface area (TPSA) is 75.5 Å². The van der Waals surface area contributed by atoms with Gasteiger partial charge in [-0.1, -0.05) is 17.7 Å². The summed E-state index contributed by atoms with van der Waals surface area (Å²) in [5, 5.41) is 12.6. The fourth-order valence-electron chi connectivity index (χ4n) is 2.24. The summed E-state index contributed by atoms with van der Waals surface area (Å²) in [7, 11) is 0. The Balaban J connectivity index is 2.18. The number of rotatable bonds is 5. The molecule has 0 bridgehead atoms. The third-order valence-electron chi connectivity index (χ3n) is 3.55. The van der Waals surface area contributed by atoms with Gasteiger partial charge in [-0.25, -0.2) is 0 Å². The maximum absolute atomic E-state index is 12.4. The molecule has 0 radical (unpaired) electrons. The minimum Gasteiger partial charge on any atom is -0.286 e. The van der Waals surface area contributed by atoms with Crippen LogP contribution in [0.5, 0.6) is 0 Å². The smallest absolute Gasteiger partial charge is 0.272 e. The molecule has 0 unspecified atom stereocenters. The van der Waals surface area contributed by atoms with Crippen LogP contribution in [-0.4, -0.2) is 17.4 Å². The summed E-state index contributed by atoms with van der Waals surface area (Å²) in [5.74, 6) is -0.301. The van der Waals surface area contributed by atoms with Gasteiger partial charge in [0.15, 0.2) is 0 Å². The van der Waals surface area contributed by atoms with Crippen molar-refractivity contribution in [3.05, 3.63) is 69.3 Å². The zero-order valence-electron chi connectivity index (χ0n) is 13.4. The molecule has 0 aliphatic carbocycles. The van der Waals surface area contributed by atoms with Gasteiger partial charge >= 0.3 is 0 Å². The van der Waals surface area contributed by atoms with Crippen molar-refractivity contribution in [1.82, 2.24) is 5.43 Å². The minimum absolute atomic E-state index is 0.00688. The van der Waals surface area contributed by atoms with Gasteiger partial charge in [-0.05, 0) is 45.0 Å².